The Morgan fingerprint density at radius 3 is 2.81 bits per heavy atom. The van der Waals surface area contributed by atoms with Crippen molar-refractivity contribution >= 4 is 0 Å². The molecule has 4 nitrogen and oxygen atoms in total. The maximum absolute atomic E-state index is 5.97. The van der Waals surface area contributed by atoms with E-state index in [0.717, 1.165) is 42.3 Å². The summed E-state index contributed by atoms with van der Waals surface area (Å²) < 4.78 is 11.5. The van der Waals surface area contributed by atoms with Crippen molar-refractivity contribution in [3.63, 3.8) is 0 Å². The minimum atomic E-state index is 0.644. The number of benzene rings is 1. The van der Waals surface area contributed by atoms with Crippen molar-refractivity contribution < 1.29 is 9.47 Å². The highest BCUT2D eigenvalue weighted by Crippen LogP contribution is 2.27. The Bertz CT molecular complexity index is 558. The summed E-state index contributed by atoms with van der Waals surface area (Å²) >= 11 is 0. The molecule has 0 spiro atoms. The molecule has 1 aromatic carbocycles. The third kappa shape index (κ3) is 4.76. The fourth-order valence-electron chi connectivity index (χ4n) is 1.97. The molecule has 1 heterocycles. The predicted octanol–water partition coefficient (Wildman–Crippen LogP) is 3.77. The highest BCUT2D eigenvalue weighted by atomic mass is 16.5. The molecular weight excluding hydrogens is 264 g/mol. The molecular formula is C17H22N2O2. The van der Waals surface area contributed by atoms with Gasteiger partial charge in [0, 0.05) is 30.6 Å². The molecule has 0 unspecified atom stereocenters. The lowest BCUT2D eigenvalue weighted by Crippen LogP contribution is -2.14. The normalized spacial score (nSPS) is 10.4. The Kier molecular flexibility index (Phi) is 6.03. The third-order valence-corrected chi connectivity index (χ3v) is 2.95. The van der Waals surface area contributed by atoms with E-state index in [2.05, 4.69) is 17.2 Å². The second-order valence-corrected chi connectivity index (χ2v) is 4.67. The number of pyridine rings is 1. The van der Waals surface area contributed by atoms with Crippen LogP contribution < -0.4 is 14.8 Å². The second-order valence-electron chi connectivity index (χ2n) is 4.67. The molecule has 0 atom stereocenters. The van der Waals surface area contributed by atoms with Crippen molar-refractivity contribution in [2.45, 2.75) is 26.8 Å². The van der Waals surface area contributed by atoms with Crippen LogP contribution in [0, 0.1) is 0 Å². The average molecular weight is 286 g/mol. The van der Waals surface area contributed by atoms with Crippen LogP contribution in [0.4, 0.5) is 0 Å². The van der Waals surface area contributed by atoms with Crippen molar-refractivity contribution in [1.82, 2.24) is 10.3 Å². The summed E-state index contributed by atoms with van der Waals surface area (Å²) in [6.07, 6.45) is 4.68. The molecule has 21 heavy (non-hydrogen) atoms. The zero-order valence-electron chi connectivity index (χ0n) is 12.6. The van der Waals surface area contributed by atoms with E-state index in [1.165, 1.54) is 0 Å². The Labute approximate surface area is 126 Å². The molecule has 0 aliphatic rings. The van der Waals surface area contributed by atoms with E-state index < -0.39 is 0 Å². The molecule has 0 aliphatic carbocycles. The van der Waals surface area contributed by atoms with Gasteiger partial charge in [0.1, 0.15) is 17.2 Å². The van der Waals surface area contributed by atoms with Crippen LogP contribution in [0.2, 0.25) is 0 Å². The molecule has 1 aromatic heterocycles. The summed E-state index contributed by atoms with van der Waals surface area (Å²) in [5.74, 6) is 2.40. The van der Waals surface area contributed by atoms with E-state index in [0.29, 0.717) is 6.61 Å². The zero-order valence-corrected chi connectivity index (χ0v) is 12.6. The van der Waals surface area contributed by atoms with Gasteiger partial charge < -0.3 is 14.8 Å². The van der Waals surface area contributed by atoms with Gasteiger partial charge in [0.05, 0.1) is 6.61 Å². The zero-order chi connectivity index (χ0) is 14.9. The monoisotopic (exact) mass is 286 g/mol. The lowest BCUT2D eigenvalue weighted by molar-refractivity contribution is 0.338. The number of nitrogens with zero attached hydrogens (tertiary/aromatic N) is 1. The maximum atomic E-state index is 5.97. The summed E-state index contributed by atoms with van der Waals surface area (Å²) in [5.41, 5.74) is 1.05. The van der Waals surface area contributed by atoms with Crippen LogP contribution in [0.3, 0.4) is 0 Å². The molecule has 0 amide bonds. The number of ether oxygens (including phenoxy) is 2. The van der Waals surface area contributed by atoms with Crippen molar-refractivity contribution in [2.75, 3.05) is 13.2 Å². The van der Waals surface area contributed by atoms with Crippen molar-refractivity contribution in [3.05, 3.63) is 48.3 Å². The van der Waals surface area contributed by atoms with Crippen LogP contribution in [-0.4, -0.2) is 18.1 Å². The number of nitrogens with one attached hydrogen (secondary N) is 1. The molecule has 0 saturated carbocycles. The van der Waals surface area contributed by atoms with Gasteiger partial charge in [0.25, 0.3) is 0 Å². The van der Waals surface area contributed by atoms with E-state index in [9.17, 15) is 0 Å². The average Bonchev–Trinajstić information content (AvgIpc) is 2.50. The molecule has 2 aromatic rings. The van der Waals surface area contributed by atoms with Gasteiger partial charge in [-0.25, -0.2) is 0 Å². The Balaban J connectivity index is 2.09. The van der Waals surface area contributed by atoms with Crippen LogP contribution in [0.5, 0.6) is 17.2 Å². The first-order valence-electron chi connectivity index (χ1n) is 7.37. The van der Waals surface area contributed by atoms with Crippen LogP contribution in [0.25, 0.3) is 0 Å². The van der Waals surface area contributed by atoms with E-state index in [-0.39, 0.29) is 0 Å². The summed E-state index contributed by atoms with van der Waals surface area (Å²) in [4.78, 5) is 4.17. The summed E-state index contributed by atoms with van der Waals surface area (Å²) in [6.45, 7) is 6.49. The summed E-state index contributed by atoms with van der Waals surface area (Å²) in [5, 5.41) is 3.36. The summed E-state index contributed by atoms with van der Waals surface area (Å²) in [6, 6.07) is 9.55. The van der Waals surface area contributed by atoms with Crippen LogP contribution in [-0.2, 0) is 6.54 Å². The third-order valence-electron chi connectivity index (χ3n) is 2.95. The first-order valence-corrected chi connectivity index (χ1v) is 7.37. The minimum Gasteiger partial charge on any atom is -0.494 e. The Morgan fingerprint density at radius 2 is 2.00 bits per heavy atom. The van der Waals surface area contributed by atoms with Gasteiger partial charge in [0.2, 0.25) is 0 Å². The smallest absolute Gasteiger partial charge is 0.134 e. The fraction of sp³-hybridized carbons (Fsp3) is 0.353. The van der Waals surface area contributed by atoms with Crippen molar-refractivity contribution in [2.24, 2.45) is 0 Å². The molecule has 0 aliphatic heterocycles. The van der Waals surface area contributed by atoms with Gasteiger partial charge in [-0.1, -0.05) is 13.0 Å². The Hall–Kier alpha value is -2.07. The Morgan fingerprint density at radius 1 is 1.14 bits per heavy atom. The lowest BCUT2D eigenvalue weighted by atomic mass is 10.2. The van der Waals surface area contributed by atoms with Gasteiger partial charge in [0.15, 0.2) is 0 Å². The number of rotatable bonds is 8. The van der Waals surface area contributed by atoms with Crippen LogP contribution in [0.1, 0.15) is 25.8 Å². The number of hydrogen-bond donors (Lipinski definition) is 1. The van der Waals surface area contributed by atoms with Crippen molar-refractivity contribution in [1.29, 1.82) is 0 Å². The molecule has 0 saturated heterocycles. The molecule has 112 valence electrons. The maximum Gasteiger partial charge on any atom is 0.134 e. The van der Waals surface area contributed by atoms with Crippen molar-refractivity contribution in [3.8, 4) is 17.2 Å². The SMILES string of the molecule is CCCNCc1cnccc1Oc1cccc(OCC)c1. The first kappa shape index (κ1) is 15.3. The molecule has 0 radical (unpaired) electrons. The van der Waals surface area contributed by atoms with Gasteiger partial charge >= 0.3 is 0 Å². The topological polar surface area (TPSA) is 43.4 Å². The van der Waals surface area contributed by atoms with E-state index in [4.69, 9.17) is 9.47 Å². The van der Waals surface area contributed by atoms with Gasteiger partial charge in [-0.3, -0.25) is 4.98 Å². The van der Waals surface area contributed by atoms with Crippen LogP contribution in [0.15, 0.2) is 42.7 Å². The van der Waals surface area contributed by atoms with E-state index >= 15 is 0 Å². The first-order chi connectivity index (χ1) is 10.3. The predicted molar refractivity (Wildman–Crippen MR) is 83.9 cm³/mol. The fourth-order valence-corrected chi connectivity index (χ4v) is 1.97. The highest BCUT2D eigenvalue weighted by molar-refractivity contribution is 5.39. The summed E-state index contributed by atoms with van der Waals surface area (Å²) in [7, 11) is 0. The largest absolute Gasteiger partial charge is 0.494 e. The lowest BCUT2D eigenvalue weighted by Gasteiger charge is -2.12. The molecule has 1 N–H and O–H groups in total. The quantitative estimate of drug-likeness (QED) is 0.750. The molecule has 4 heteroatoms. The second kappa shape index (κ2) is 8.27. The molecule has 0 bridgehead atoms. The van der Waals surface area contributed by atoms with Gasteiger partial charge in [-0.2, -0.15) is 0 Å². The van der Waals surface area contributed by atoms with Gasteiger partial charge in [-0.05, 0) is 38.1 Å². The number of aromatic nitrogens is 1. The standard InChI is InChI=1S/C17H22N2O2/c1-3-9-18-12-14-13-19-10-8-17(14)21-16-7-5-6-15(11-16)20-4-2/h5-8,10-11,13,18H,3-4,9,12H2,1-2H3. The molecule has 2 rings (SSSR count). The molecule has 0 fully saturated rings. The number of hydrogen-bond acceptors (Lipinski definition) is 4. The van der Waals surface area contributed by atoms with E-state index in [1.54, 1.807) is 6.20 Å². The highest BCUT2D eigenvalue weighted by Gasteiger charge is 2.05. The minimum absolute atomic E-state index is 0.644. The van der Waals surface area contributed by atoms with Gasteiger partial charge in [-0.15, -0.1) is 0 Å². The van der Waals surface area contributed by atoms with Crippen LogP contribution >= 0.6 is 0 Å². The van der Waals surface area contributed by atoms with E-state index in [1.807, 2.05) is 43.5 Å².